The van der Waals surface area contributed by atoms with E-state index < -0.39 is 11.7 Å². The maximum atomic E-state index is 15.0. The molecule has 35 heavy (non-hydrogen) atoms. The van der Waals surface area contributed by atoms with Crippen molar-refractivity contribution >= 4 is 28.7 Å². The summed E-state index contributed by atoms with van der Waals surface area (Å²) < 4.78 is 20.1. The molecule has 1 saturated heterocycles. The van der Waals surface area contributed by atoms with Gasteiger partial charge in [-0.3, -0.25) is 19.6 Å². The fourth-order valence-corrected chi connectivity index (χ4v) is 3.97. The summed E-state index contributed by atoms with van der Waals surface area (Å²) in [6.45, 7) is 6.24. The summed E-state index contributed by atoms with van der Waals surface area (Å²) in [5.41, 5.74) is 1.76. The first-order valence-electron chi connectivity index (χ1n) is 11.3. The first-order chi connectivity index (χ1) is 16.7. The molecule has 10 nitrogen and oxygen atoms in total. The average Bonchev–Trinajstić information content (AvgIpc) is 3.56. The number of halogens is 1. The van der Waals surface area contributed by atoms with Gasteiger partial charge in [0.1, 0.15) is 5.82 Å². The molecule has 1 fully saturated rings. The Morgan fingerprint density at radius 3 is 2.80 bits per heavy atom. The molecular weight excluding hydrogens is 453 g/mol. The minimum atomic E-state index is -0.578. The molecule has 4 heterocycles. The van der Waals surface area contributed by atoms with Crippen LogP contribution in [0.1, 0.15) is 55.7 Å². The number of hydrogen-bond donors (Lipinski definition) is 2. The largest absolute Gasteiger partial charge is 0.344 e. The third kappa shape index (κ3) is 4.25. The highest BCUT2D eigenvalue weighted by molar-refractivity contribution is 6.07. The van der Waals surface area contributed by atoms with E-state index in [2.05, 4.69) is 30.6 Å². The molecule has 2 N–H and O–H groups in total. The van der Waals surface area contributed by atoms with Crippen LogP contribution >= 0.6 is 0 Å². The summed E-state index contributed by atoms with van der Waals surface area (Å²) >= 11 is 0. The maximum absolute atomic E-state index is 15.0. The number of carbonyl (C=O) groups excluding carboxylic acids is 2. The fourth-order valence-electron chi connectivity index (χ4n) is 3.97. The van der Waals surface area contributed by atoms with Gasteiger partial charge in [0.05, 0.1) is 5.39 Å². The van der Waals surface area contributed by atoms with Gasteiger partial charge in [0.25, 0.3) is 0 Å². The number of hydrogen-bond acceptors (Lipinski definition) is 7. The van der Waals surface area contributed by atoms with E-state index in [9.17, 15) is 9.59 Å². The van der Waals surface area contributed by atoms with E-state index in [1.54, 1.807) is 29.3 Å². The molecule has 1 aliphatic rings. The number of aromatic nitrogens is 5. The number of pyridine rings is 1. The lowest BCUT2D eigenvalue weighted by Gasteiger charge is -2.14. The molecule has 3 aromatic heterocycles. The summed E-state index contributed by atoms with van der Waals surface area (Å²) in [5.74, 6) is -0.328. The van der Waals surface area contributed by atoms with Crippen molar-refractivity contribution in [1.29, 1.82) is 0 Å². The summed E-state index contributed by atoms with van der Waals surface area (Å²) in [6.07, 6.45) is 2.84. The van der Waals surface area contributed by atoms with E-state index in [1.165, 1.54) is 6.07 Å². The third-order valence-corrected chi connectivity index (χ3v) is 5.87. The van der Waals surface area contributed by atoms with Crippen LogP contribution in [0.25, 0.3) is 22.2 Å². The SMILES string of the molecule is CC(C)(C)c1noc(C(=O)NCc2ccc(-c3ccnc4[nH]nc(N5CCCC5=O)c34)cc2F)n1. The molecule has 5 rings (SSSR count). The van der Waals surface area contributed by atoms with Gasteiger partial charge in [-0.2, -0.15) is 10.1 Å². The first kappa shape index (κ1) is 22.6. The second-order valence-corrected chi connectivity index (χ2v) is 9.44. The molecule has 2 amide bonds. The van der Waals surface area contributed by atoms with E-state index in [0.717, 1.165) is 6.42 Å². The minimum absolute atomic E-state index is 0.00124. The molecule has 1 aromatic carbocycles. The van der Waals surface area contributed by atoms with Crippen LogP contribution in [0.5, 0.6) is 0 Å². The number of benzene rings is 1. The number of amides is 2. The lowest BCUT2D eigenvalue weighted by atomic mass is 9.96. The van der Waals surface area contributed by atoms with Crippen molar-refractivity contribution in [2.45, 2.75) is 45.6 Å². The number of nitrogens with one attached hydrogen (secondary N) is 2. The summed E-state index contributed by atoms with van der Waals surface area (Å²) in [7, 11) is 0. The molecule has 0 saturated carbocycles. The number of fused-ring (bicyclic) bond motifs is 1. The molecule has 0 bridgehead atoms. The van der Waals surface area contributed by atoms with E-state index in [4.69, 9.17) is 4.52 Å². The lowest BCUT2D eigenvalue weighted by Crippen LogP contribution is -2.24. The predicted octanol–water partition coefficient (Wildman–Crippen LogP) is 3.50. The van der Waals surface area contributed by atoms with Gasteiger partial charge in [-0.15, -0.1) is 0 Å². The molecule has 0 radical (unpaired) electrons. The monoisotopic (exact) mass is 477 g/mol. The van der Waals surface area contributed by atoms with Crippen LogP contribution in [0, 0.1) is 5.82 Å². The van der Waals surface area contributed by atoms with Crippen LogP contribution in [0.15, 0.2) is 35.0 Å². The molecule has 0 aliphatic carbocycles. The second-order valence-electron chi connectivity index (χ2n) is 9.44. The molecule has 11 heteroatoms. The maximum Gasteiger partial charge on any atom is 0.315 e. The lowest BCUT2D eigenvalue weighted by molar-refractivity contribution is -0.117. The zero-order valence-corrected chi connectivity index (χ0v) is 19.6. The molecular formula is C24H24FN7O3. The average molecular weight is 478 g/mol. The van der Waals surface area contributed by atoms with Gasteiger partial charge in [-0.05, 0) is 29.7 Å². The zero-order chi connectivity index (χ0) is 24.7. The van der Waals surface area contributed by atoms with Crippen LogP contribution in [0.4, 0.5) is 10.2 Å². The van der Waals surface area contributed by atoms with Gasteiger partial charge >= 0.3 is 11.8 Å². The first-order valence-corrected chi connectivity index (χ1v) is 11.3. The quantitative estimate of drug-likeness (QED) is 0.450. The van der Waals surface area contributed by atoms with Crippen LogP contribution in [-0.4, -0.2) is 43.7 Å². The van der Waals surface area contributed by atoms with E-state index in [-0.39, 0.29) is 23.8 Å². The summed E-state index contributed by atoms with van der Waals surface area (Å²) in [4.78, 5) is 34.7. The van der Waals surface area contributed by atoms with Crippen molar-refractivity contribution in [1.82, 2.24) is 30.6 Å². The predicted molar refractivity (Wildman–Crippen MR) is 125 cm³/mol. The van der Waals surface area contributed by atoms with Crippen LogP contribution in [0.3, 0.4) is 0 Å². The molecule has 0 unspecified atom stereocenters. The second kappa shape index (κ2) is 8.57. The standard InChI is InChI=1S/C24H24FN7O3/c1-24(2,3)23-28-22(35-31-23)21(34)27-12-14-7-6-13(11-16(14)25)15-8-9-26-19-18(15)20(30-29-19)32-10-4-5-17(32)33/h6-9,11H,4-5,10,12H2,1-3H3,(H,27,34)(H,26,29,30). The highest BCUT2D eigenvalue weighted by Crippen LogP contribution is 2.35. The van der Waals surface area contributed by atoms with Gasteiger partial charge in [0, 0.05) is 36.7 Å². The number of anilines is 1. The Labute approximate surface area is 199 Å². The van der Waals surface area contributed by atoms with Crippen molar-refractivity contribution in [2.75, 3.05) is 11.4 Å². The van der Waals surface area contributed by atoms with Gasteiger partial charge in [0.2, 0.25) is 5.91 Å². The van der Waals surface area contributed by atoms with Crippen molar-refractivity contribution in [3.63, 3.8) is 0 Å². The number of aromatic amines is 1. The third-order valence-electron chi connectivity index (χ3n) is 5.87. The Kier molecular flexibility index (Phi) is 5.54. The molecule has 4 aromatic rings. The van der Waals surface area contributed by atoms with E-state index in [0.29, 0.717) is 52.3 Å². The Bertz CT molecular complexity index is 1440. The Hall–Kier alpha value is -4.15. The number of H-pyrrole nitrogens is 1. The van der Waals surface area contributed by atoms with Crippen molar-refractivity contribution in [3.05, 3.63) is 53.6 Å². The zero-order valence-electron chi connectivity index (χ0n) is 19.6. The van der Waals surface area contributed by atoms with Crippen molar-refractivity contribution in [3.8, 4) is 11.1 Å². The summed E-state index contributed by atoms with van der Waals surface area (Å²) in [6, 6.07) is 6.52. The Morgan fingerprint density at radius 1 is 1.29 bits per heavy atom. The van der Waals surface area contributed by atoms with Crippen molar-refractivity contribution < 1.29 is 18.5 Å². The van der Waals surface area contributed by atoms with Gasteiger partial charge < -0.3 is 9.84 Å². The van der Waals surface area contributed by atoms with Gasteiger partial charge in [0.15, 0.2) is 17.3 Å². The highest BCUT2D eigenvalue weighted by atomic mass is 19.1. The number of carbonyl (C=O) groups is 2. The Balaban J connectivity index is 1.38. The van der Waals surface area contributed by atoms with E-state index >= 15 is 4.39 Å². The highest BCUT2D eigenvalue weighted by Gasteiger charge is 2.27. The molecule has 0 atom stereocenters. The number of rotatable bonds is 5. The van der Waals surface area contributed by atoms with Crippen LogP contribution < -0.4 is 10.2 Å². The Morgan fingerprint density at radius 2 is 2.11 bits per heavy atom. The molecule has 1 aliphatic heterocycles. The normalized spacial score (nSPS) is 14.2. The smallest absolute Gasteiger partial charge is 0.315 e. The van der Waals surface area contributed by atoms with Crippen LogP contribution in [-0.2, 0) is 16.8 Å². The van der Waals surface area contributed by atoms with Crippen molar-refractivity contribution in [2.24, 2.45) is 0 Å². The molecule has 0 spiro atoms. The molecule has 180 valence electrons. The topological polar surface area (TPSA) is 130 Å². The fraction of sp³-hybridized carbons (Fsp3) is 0.333. The summed E-state index contributed by atoms with van der Waals surface area (Å²) in [5, 5.41) is 14.3. The minimum Gasteiger partial charge on any atom is -0.344 e. The van der Waals surface area contributed by atoms with Crippen LogP contribution in [0.2, 0.25) is 0 Å². The van der Waals surface area contributed by atoms with E-state index in [1.807, 2.05) is 20.8 Å². The number of nitrogens with zero attached hydrogens (tertiary/aromatic N) is 5. The van der Waals surface area contributed by atoms with Gasteiger partial charge in [-0.1, -0.05) is 38.1 Å². The van der Waals surface area contributed by atoms with Gasteiger partial charge in [-0.25, -0.2) is 9.37 Å².